The van der Waals surface area contributed by atoms with Gasteiger partial charge in [0.05, 0.1) is 12.2 Å². The summed E-state index contributed by atoms with van der Waals surface area (Å²) in [5.74, 6) is -0.877. The summed E-state index contributed by atoms with van der Waals surface area (Å²) in [6.45, 7) is 2.31. The minimum Gasteiger partial charge on any atom is -0.481 e. The van der Waals surface area contributed by atoms with Crippen molar-refractivity contribution in [3.8, 4) is 0 Å². The minimum absolute atomic E-state index is 0.0362. The minimum atomic E-state index is -0.702. The number of benzene rings is 1. The first-order chi connectivity index (χ1) is 10.9. The molecular formula is C19H25FO3. The highest BCUT2D eigenvalue weighted by Crippen LogP contribution is 2.60. The molecule has 0 heterocycles. The van der Waals surface area contributed by atoms with Crippen molar-refractivity contribution in [2.75, 3.05) is 0 Å². The van der Waals surface area contributed by atoms with E-state index in [9.17, 15) is 9.18 Å². The van der Waals surface area contributed by atoms with Crippen LogP contribution in [0.2, 0.25) is 0 Å². The fraction of sp³-hybridized carbons (Fsp3) is 0.632. The SMILES string of the molecule is Cc1cc(COC23CCC(CCCC(=O)O)(CC2)C3)ccc1F. The highest BCUT2D eigenvalue weighted by molar-refractivity contribution is 5.66. The van der Waals surface area contributed by atoms with Crippen molar-refractivity contribution in [1.29, 1.82) is 0 Å². The monoisotopic (exact) mass is 320 g/mol. The Morgan fingerprint density at radius 2 is 2.04 bits per heavy atom. The van der Waals surface area contributed by atoms with Crippen LogP contribution >= 0.6 is 0 Å². The van der Waals surface area contributed by atoms with Crippen LogP contribution < -0.4 is 0 Å². The largest absolute Gasteiger partial charge is 0.481 e. The molecule has 1 aromatic rings. The van der Waals surface area contributed by atoms with Gasteiger partial charge in [0.15, 0.2) is 0 Å². The highest BCUT2D eigenvalue weighted by Gasteiger charge is 2.54. The predicted octanol–water partition coefficient (Wildman–Crippen LogP) is 4.61. The lowest BCUT2D eigenvalue weighted by atomic mass is 9.80. The summed E-state index contributed by atoms with van der Waals surface area (Å²) in [7, 11) is 0. The van der Waals surface area contributed by atoms with Gasteiger partial charge in [0, 0.05) is 6.42 Å². The zero-order valence-electron chi connectivity index (χ0n) is 13.7. The number of halogens is 1. The first kappa shape index (κ1) is 16.4. The Bertz CT molecular complexity index is 588. The lowest BCUT2D eigenvalue weighted by Gasteiger charge is -2.28. The standard InChI is InChI=1S/C19H25FO3/c1-14-11-15(4-5-16(14)20)12-23-19-9-7-18(13-19,8-10-19)6-2-3-17(21)22/h4-5,11H,2-3,6-10,12-13H2,1H3,(H,21,22). The summed E-state index contributed by atoms with van der Waals surface area (Å²) in [4.78, 5) is 10.7. The number of hydrogen-bond acceptors (Lipinski definition) is 2. The third-order valence-corrected chi connectivity index (χ3v) is 5.78. The maximum atomic E-state index is 13.3. The van der Waals surface area contributed by atoms with Gasteiger partial charge in [0.2, 0.25) is 0 Å². The number of aryl methyl sites for hydroxylation is 1. The molecular weight excluding hydrogens is 295 g/mol. The molecule has 0 radical (unpaired) electrons. The van der Waals surface area contributed by atoms with E-state index >= 15 is 0 Å². The maximum absolute atomic E-state index is 13.3. The molecule has 2 aliphatic rings. The first-order valence-corrected chi connectivity index (χ1v) is 8.53. The Kier molecular flexibility index (Phi) is 4.45. The lowest BCUT2D eigenvalue weighted by molar-refractivity contribution is -0.137. The van der Waals surface area contributed by atoms with Crippen molar-refractivity contribution in [2.24, 2.45) is 5.41 Å². The number of carboxylic acids is 1. The smallest absolute Gasteiger partial charge is 0.303 e. The second-order valence-electron chi connectivity index (χ2n) is 7.48. The fourth-order valence-electron chi connectivity index (χ4n) is 4.45. The third kappa shape index (κ3) is 3.57. The molecule has 2 aliphatic carbocycles. The van der Waals surface area contributed by atoms with Gasteiger partial charge in [0.1, 0.15) is 5.82 Å². The molecule has 1 aromatic carbocycles. The average molecular weight is 320 g/mol. The molecule has 0 saturated heterocycles. The van der Waals surface area contributed by atoms with Crippen LogP contribution in [0.1, 0.15) is 62.5 Å². The number of rotatable bonds is 7. The summed E-state index contributed by atoms with van der Waals surface area (Å²) in [5, 5.41) is 8.81. The van der Waals surface area contributed by atoms with Gasteiger partial charge in [-0.1, -0.05) is 12.1 Å². The van der Waals surface area contributed by atoms with Gasteiger partial charge in [-0.15, -0.1) is 0 Å². The Balaban J connectivity index is 1.55. The molecule has 23 heavy (non-hydrogen) atoms. The number of carbonyl (C=O) groups is 1. The molecule has 0 spiro atoms. The van der Waals surface area contributed by atoms with E-state index in [4.69, 9.17) is 9.84 Å². The van der Waals surface area contributed by atoms with Crippen LogP contribution in [0.3, 0.4) is 0 Å². The zero-order valence-corrected chi connectivity index (χ0v) is 13.7. The molecule has 0 atom stereocenters. The molecule has 0 unspecified atom stereocenters. The molecule has 0 aliphatic heterocycles. The van der Waals surface area contributed by atoms with Crippen LogP contribution in [-0.4, -0.2) is 16.7 Å². The van der Waals surface area contributed by atoms with E-state index < -0.39 is 5.97 Å². The lowest BCUT2D eigenvalue weighted by Crippen LogP contribution is -2.26. The van der Waals surface area contributed by atoms with Crippen molar-refractivity contribution >= 4 is 5.97 Å². The summed E-state index contributed by atoms with van der Waals surface area (Å²) in [6.07, 6.45) is 7.53. The molecule has 126 valence electrons. The van der Waals surface area contributed by atoms with Crippen LogP contribution in [0.5, 0.6) is 0 Å². The number of carboxylic acid groups (broad SMARTS) is 1. The van der Waals surface area contributed by atoms with Crippen LogP contribution in [0.15, 0.2) is 18.2 Å². The average Bonchev–Trinajstić information content (AvgIpc) is 3.05. The molecule has 0 amide bonds. The summed E-state index contributed by atoms with van der Waals surface area (Å²) >= 11 is 0. The summed E-state index contributed by atoms with van der Waals surface area (Å²) in [5.41, 5.74) is 1.94. The first-order valence-electron chi connectivity index (χ1n) is 8.53. The van der Waals surface area contributed by atoms with Crippen molar-refractivity contribution < 1.29 is 19.0 Å². The number of ether oxygens (including phenoxy) is 1. The third-order valence-electron chi connectivity index (χ3n) is 5.78. The van der Waals surface area contributed by atoms with Crippen molar-refractivity contribution in [2.45, 2.75) is 70.5 Å². The van der Waals surface area contributed by atoms with Crippen LogP contribution in [0, 0.1) is 18.2 Å². The van der Waals surface area contributed by atoms with Crippen molar-refractivity contribution in [1.82, 2.24) is 0 Å². The zero-order chi connectivity index (χ0) is 16.5. The van der Waals surface area contributed by atoms with Crippen molar-refractivity contribution in [3.63, 3.8) is 0 Å². The maximum Gasteiger partial charge on any atom is 0.303 e. The van der Waals surface area contributed by atoms with Gasteiger partial charge >= 0.3 is 5.97 Å². The number of aliphatic carboxylic acids is 1. The molecule has 2 fully saturated rings. The molecule has 1 N–H and O–H groups in total. The Hall–Kier alpha value is -1.42. The van der Waals surface area contributed by atoms with Crippen LogP contribution in [0.4, 0.5) is 4.39 Å². The van der Waals surface area contributed by atoms with E-state index in [0.717, 1.165) is 50.5 Å². The van der Waals surface area contributed by atoms with Gasteiger partial charge in [-0.25, -0.2) is 4.39 Å². The van der Waals surface area contributed by atoms with Gasteiger partial charge < -0.3 is 9.84 Å². The molecule has 3 nitrogen and oxygen atoms in total. The van der Waals surface area contributed by atoms with Crippen LogP contribution in [-0.2, 0) is 16.1 Å². The van der Waals surface area contributed by atoms with E-state index in [1.165, 1.54) is 6.07 Å². The molecule has 4 heteroatoms. The van der Waals surface area contributed by atoms with Gasteiger partial charge in [-0.2, -0.15) is 0 Å². The van der Waals surface area contributed by atoms with E-state index in [2.05, 4.69) is 0 Å². The summed E-state index contributed by atoms with van der Waals surface area (Å²) < 4.78 is 19.6. The normalized spacial score (nSPS) is 29.1. The second kappa shape index (κ2) is 6.23. The Morgan fingerprint density at radius 1 is 1.30 bits per heavy atom. The predicted molar refractivity (Wildman–Crippen MR) is 85.7 cm³/mol. The quantitative estimate of drug-likeness (QED) is 0.798. The van der Waals surface area contributed by atoms with Crippen molar-refractivity contribution in [3.05, 3.63) is 35.1 Å². The second-order valence-corrected chi connectivity index (χ2v) is 7.48. The van der Waals surface area contributed by atoms with E-state index in [1.54, 1.807) is 13.0 Å². The number of fused-ring (bicyclic) bond motifs is 2. The summed E-state index contributed by atoms with van der Waals surface area (Å²) in [6, 6.07) is 5.16. The Morgan fingerprint density at radius 3 is 2.70 bits per heavy atom. The van der Waals surface area contributed by atoms with Crippen LogP contribution in [0.25, 0.3) is 0 Å². The number of hydrogen-bond donors (Lipinski definition) is 1. The molecule has 2 saturated carbocycles. The molecule has 0 aromatic heterocycles. The van der Waals surface area contributed by atoms with E-state index in [1.807, 2.05) is 6.07 Å². The van der Waals surface area contributed by atoms with Gasteiger partial charge in [0.25, 0.3) is 0 Å². The molecule has 2 bridgehead atoms. The van der Waals surface area contributed by atoms with Gasteiger partial charge in [-0.3, -0.25) is 4.79 Å². The van der Waals surface area contributed by atoms with E-state index in [-0.39, 0.29) is 17.8 Å². The van der Waals surface area contributed by atoms with E-state index in [0.29, 0.717) is 17.6 Å². The topological polar surface area (TPSA) is 46.5 Å². The molecule has 3 rings (SSSR count). The fourth-order valence-corrected chi connectivity index (χ4v) is 4.45. The Labute approximate surface area is 136 Å². The van der Waals surface area contributed by atoms with Gasteiger partial charge in [-0.05, 0) is 74.5 Å². The highest BCUT2D eigenvalue weighted by atomic mass is 19.1.